The summed E-state index contributed by atoms with van der Waals surface area (Å²) in [6.45, 7) is 1.89. The van der Waals surface area contributed by atoms with Crippen LogP contribution < -0.4 is 10.6 Å². The molecule has 114 valence electrons. The van der Waals surface area contributed by atoms with Gasteiger partial charge in [0.25, 0.3) is 5.91 Å². The first kappa shape index (κ1) is 15.4. The van der Waals surface area contributed by atoms with Crippen molar-refractivity contribution in [2.75, 3.05) is 18.5 Å². The van der Waals surface area contributed by atoms with Crippen LogP contribution in [0.1, 0.15) is 30.3 Å². The number of rotatable bonds is 4. The molecule has 1 aromatic rings. The van der Waals surface area contributed by atoms with Crippen LogP contribution in [0.5, 0.6) is 0 Å². The van der Waals surface area contributed by atoms with Crippen LogP contribution >= 0.6 is 11.3 Å². The van der Waals surface area contributed by atoms with Crippen molar-refractivity contribution in [2.45, 2.75) is 25.3 Å². The summed E-state index contributed by atoms with van der Waals surface area (Å²) in [4.78, 5) is 38.5. The third-order valence-corrected chi connectivity index (χ3v) is 3.89. The molecule has 2 heterocycles. The van der Waals surface area contributed by atoms with Crippen molar-refractivity contribution in [1.29, 1.82) is 0 Å². The highest BCUT2D eigenvalue weighted by Gasteiger charge is 2.42. The topological polar surface area (TPSA) is 118 Å². The second-order valence-electron chi connectivity index (χ2n) is 4.67. The Bertz CT molecular complexity index is 565. The summed E-state index contributed by atoms with van der Waals surface area (Å²) >= 11 is 1.10. The highest BCUT2D eigenvalue weighted by atomic mass is 32.1. The fourth-order valence-electron chi connectivity index (χ4n) is 1.98. The normalized spacial score (nSPS) is 17.0. The van der Waals surface area contributed by atoms with Gasteiger partial charge in [0, 0.05) is 38.4 Å². The van der Waals surface area contributed by atoms with Gasteiger partial charge in [-0.3, -0.25) is 9.59 Å². The van der Waals surface area contributed by atoms with Crippen LogP contribution in [-0.4, -0.2) is 46.6 Å². The molecule has 21 heavy (non-hydrogen) atoms. The average molecular weight is 313 g/mol. The van der Waals surface area contributed by atoms with Gasteiger partial charge in [0.15, 0.2) is 5.13 Å². The molecule has 1 aromatic heterocycles. The van der Waals surface area contributed by atoms with Crippen LogP contribution in [0.3, 0.4) is 0 Å². The quantitative estimate of drug-likeness (QED) is 0.743. The SMILES string of the molecule is CC(=O)Nc1nc(C(=O)NC2(C(=O)O)CCOCC2)cs1. The van der Waals surface area contributed by atoms with E-state index < -0.39 is 17.4 Å². The molecule has 0 aromatic carbocycles. The molecule has 0 bridgehead atoms. The lowest BCUT2D eigenvalue weighted by atomic mass is 9.90. The maximum atomic E-state index is 12.1. The number of ether oxygens (including phenoxy) is 1. The highest BCUT2D eigenvalue weighted by Crippen LogP contribution is 2.22. The standard InChI is InChI=1S/C12H15N3O5S/c1-7(16)13-11-14-8(6-21-11)9(17)15-12(10(18)19)2-4-20-5-3-12/h6H,2-5H2,1H3,(H,15,17)(H,18,19)(H,13,14,16). The molecule has 3 N–H and O–H groups in total. The van der Waals surface area contributed by atoms with E-state index in [2.05, 4.69) is 15.6 Å². The highest BCUT2D eigenvalue weighted by molar-refractivity contribution is 7.14. The van der Waals surface area contributed by atoms with E-state index in [0.717, 1.165) is 11.3 Å². The van der Waals surface area contributed by atoms with Crippen molar-refractivity contribution in [3.05, 3.63) is 11.1 Å². The molecular weight excluding hydrogens is 298 g/mol. The van der Waals surface area contributed by atoms with Gasteiger partial charge in [-0.2, -0.15) is 0 Å². The smallest absolute Gasteiger partial charge is 0.329 e. The summed E-state index contributed by atoms with van der Waals surface area (Å²) in [5.74, 6) is -1.95. The summed E-state index contributed by atoms with van der Waals surface area (Å²) in [7, 11) is 0. The van der Waals surface area contributed by atoms with E-state index in [-0.39, 0.29) is 37.7 Å². The van der Waals surface area contributed by atoms with Crippen LogP contribution in [0, 0.1) is 0 Å². The number of anilines is 1. The van der Waals surface area contributed by atoms with Crippen molar-refractivity contribution >= 4 is 34.3 Å². The van der Waals surface area contributed by atoms with Crippen molar-refractivity contribution in [3.63, 3.8) is 0 Å². The first-order chi connectivity index (χ1) is 9.93. The Hall–Kier alpha value is -2.00. The maximum Gasteiger partial charge on any atom is 0.329 e. The molecule has 2 amide bonds. The number of hydrogen-bond donors (Lipinski definition) is 3. The van der Waals surface area contributed by atoms with Gasteiger partial charge in [-0.15, -0.1) is 11.3 Å². The largest absolute Gasteiger partial charge is 0.480 e. The third kappa shape index (κ3) is 3.56. The van der Waals surface area contributed by atoms with Crippen LogP contribution in [0.2, 0.25) is 0 Å². The minimum atomic E-state index is -1.33. The Morgan fingerprint density at radius 3 is 2.62 bits per heavy atom. The number of carbonyl (C=O) groups is 3. The number of nitrogens with zero attached hydrogens (tertiary/aromatic N) is 1. The lowest BCUT2D eigenvalue weighted by Gasteiger charge is -2.33. The zero-order chi connectivity index (χ0) is 15.5. The Morgan fingerprint density at radius 2 is 2.05 bits per heavy atom. The molecule has 0 radical (unpaired) electrons. The number of carboxylic acid groups (broad SMARTS) is 1. The van der Waals surface area contributed by atoms with Gasteiger partial charge >= 0.3 is 5.97 Å². The molecule has 0 atom stereocenters. The van der Waals surface area contributed by atoms with E-state index in [1.807, 2.05) is 0 Å². The van der Waals surface area contributed by atoms with E-state index in [1.165, 1.54) is 12.3 Å². The molecule has 2 rings (SSSR count). The number of hydrogen-bond acceptors (Lipinski definition) is 6. The van der Waals surface area contributed by atoms with E-state index in [4.69, 9.17) is 4.74 Å². The molecule has 9 heteroatoms. The maximum absolute atomic E-state index is 12.1. The van der Waals surface area contributed by atoms with Gasteiger partial charge in [0.2, 0.25) is 5.91 Å². The minimum absolute atomic E-state index is 0.0795. The van der Waals surface area contributed by atoms with Crippen LogP contribution in [0.4, 0.5) is 5.13 Å². The van der Waals surface area contributed by atoms with Crippen molar-refractivity contribution in [3.8, 4) is 0 Å². The lowest BCUT2D eigenvalue weighted by Crippen LogP contribution is -2.57. The first-order valence-electron chi connectivity index (χ1n) is 6.30. The summed E-state index contributed by atoms with van der Waals surface area (Å²) in [5.41, 5.74) is -1.25. The Labute approximate surface area is 124 Å². The number of thiazole rings is 1. The monoisotopic (exact) mass is 313 g/mol. The third-order valence-electron chi connectivity index (χ3n) is 3.13. The van der Waals surface area contributed by atoms with Gasteiger partial charge in [0.1, 0.15) is 11.2 Å². The Morgan fingerprint density at radius 1 is 1.38 bits per heavy atom. The molecule has 1 saturated heterocycles. The number of aromatic nitrogens is 1. The number of nitrogens with one attached hydrogen (secondary N) is 2. The van der Waals surface area contributed by atoms with Crippen molar-refractivity contribution in [1.82, 2.24) is 10.3 Å². The van der Waals surface area contributed by atoms with Gasteiger partial charge in [-0.1, -0.05) is 0 Å². The van der Waals surface area contributed by atoms with E-state index in [1.54, 1.807) is 0 Å². The van der Waals surface area contributed by atoms with Gasteiger partial charge in [-0.05, 0) is 0 Å². The Balaban J connectivity index is 2.10. The molecule has 0 unspecified atom stereocenters. The van der Waals surface area contributed by atoms with Gasteiger partial charge < -0.3 is 20.5 Å². The second-order valence-corrected chi connectivity index (χ2v) is 5.53. The fraction of sp³-hybridized carbons (Fsp3) is 0.500. The summed E-state index contributed by atoms with van der Waals surface area (Å²) in [5, 5.41) is 16.1. The molecule has 1 aliphatic heterocycles. The van der Waals surface area contributed by atoms with Gasteiger partial charge in [0.05, 0.1) is 0 Å². The van der Waals surface area contributed by atoms with Crippen LogP contribution in [0.15, 0.2) is 5.38 Å². The summed E-state index contributed by atoms with van der Waals surface area (Å²) < 4.78 is 5.13. The first-order valence-corrected chi connectivity index (χ1v) is 7.18. The zero-order valence-corrected chi connectivity index (χ0v) is 12.2. The molecule has 0 aliphatic carbocycles. The fourth-order valence-corrected chi connectivity index (χ4v) is 2.72. The number of aliphatic carboxylic acids is 1. The summed E-state index contributed by atoms with van der Waals surface area (Å²) in [6.07, 6.45) is 0.410. The molecule has 1 aliphatic rings. The van der Waals surface area contributed by atoms with Gasteiger partial charge in [-0.25, -0.2) is 9.78 Å². The lowest BCUT2D eigenvalue weighted by molar-refractivity contribution is -0.148. The van der Waals surface area contributed by atoms with E-state index in [0.29, 0.717) is 5.13 Å². The second kappa shape index (κ2) is 6.19. The van der Waals surface area contributed by atoms with E-state index >= 15 is 0 Å². The average Bonchev–Trinajstić information content (AvgIpc) is 2.87. The predicted octanol–water partition coefficient (Wildman–Crippen LogP) is 0.465. The minimum Gasteiger partial charge on any atom is -0.480 e. The van der Waals surface area contributed by atoms with Crippen LogP contribution in [0.25, 0.3) is 0 Å². The van der Waals surface area contributed by atoms with Crippen LogP contribution in [-0.2, 0) is 14.3 Å². The number of amides is 2. The number of carbonyl (C=O) groups excluding carboxylic acids is 2. The molecule has 8 nitrogen and oxygen atoms in total. The molecule has 0 spiro atoms. The van der Waals surface area contributed by atoms with Crippen molar-refractivity contribution in [2.24, 2.45) is 0 Å². The van der Waals surface area contributed by atoms with E-state index in [9.17, 15) is 19.5 Å². The Kier molecular flexibility index (Phi) is 4.53. The molecule has 1 fully saturated rings. The molecule has 0 saturated carbocycles. The zero-order valence-electron chi connectivity index (χ0n) is 11.3. The number of carboxylic acids is 1. The molecular formula is C12H15N3O5S. The van der Waals surface area contributed by atoms with Crippen molar-refractivity contribution < 1.29 is 24.2 Å². The predicted molar refractivity (Wildman–Crippen MR) is 74.3 cm³/mol. The summed E-state index contributed by atoms with van der Waals surface area (Å²) in [6, 6.07) is 0.